The number of carboxylic acid groups (broad SMARTS) is 3. The van der Waals surface area contributed by atoms with Gasteiger partial charge < -0.3 is 25.4 Å². The highest BCUT2D eigenvalue weighted by molar-refractivity contribution is 5.88. The van der Waals surface area contributed by atoms with E-state index >= 15 is 0 Å². The van der Waals surface area contributed by atoms with Gasteiger partial charge in [0.05, 0.1) is 12.8 Å². The number of aromatic nitrogens is 1. The molecule has 0 fully saturated rings. The maximum atomic E-state index is 10.3. The summed E-state index contributed by atoms with van der Waals surface area (Å²) in [5.41, 5.74) is -2.74. The van der Waals surface area contributed by atoms with E-state index in [0.29, 0.717) is 0 Å². The minimum atomic E-state index is -2.74. The molecule has 0 aliphatic heterocycles. The first-order chi connectivity index (χ1) is 8.28. The summed E-state index contributed by atoms with van der Waals surface area (Å²) in [5, 5.41) is 33.8. The van der Waals surface area contributed by atoms with Gasteiger partial charge >= 0.3 is 17.9 Å². The van der Waals surface area contributed by atoms with Crippen molar-refractivity contribution in [1.29, 1.82) is 0 Å². The van der Waals surface area contributed by atoms with Crippen LogP contribution in [0, 0.1) is 0 Å². The quantitative estimate of drug-likeness (QED) is 0.490. The summed E-state index contributed by atoms with van der Waals surface area (Å²) >= 11 is 0. The molecule has 0 saturated heterocycles. The van der Waals surface area contributed by atoms with E-state index in [9.17, 15) is 14.4 Å². The number of H-pyrrole nitrogens is 1. The Kier molecular flexibility index (Phi) is 6.15. The Labute approximate surface area is 101 Å². The van der Waals surface area contributed by atoms with Crippen LogP contribution >= 0.6 is 0 Å². The minimum Gasteiger partial charge on any atom is -0.481 e. The standard InChI is InChI=1S/C6H8O7.C4H5N/c7-3(8)1-6(13,5(11)12)2-4(9)10;1-2-4-5-3-1/h13H,1-2H2,(H,7,8)(H,9,10)(H,11,12);1-5H. The average Bonchev–Trinajstić information content (AvgIpc) is 2.71. The number of aromatic amines is 1. The highest BCUT2D eigenvalue weighted by atomic mass is 16.4. The molecule has 0 unspecified atom stereocenters. The van der Waals surface area contributed by atoms with Gasteiger partial charge in [-0.25, -0.2) is 4.79 Å². The monoisotopic (exact) mass is 259 g/mol. The molecule has 1 aromatic heterocycles. The zero-order valence-electron chi connectivity index (χ0n) is 9.24. The van der Waals surface area contributed by atoms with Gasteiger partial charge in [0.1, 0.15) is 0 Å². The van der Waals surface area contributed by atoms with E-state index in [1.807, 2.05) is 24.5 Å². The number of nitrogens with one attached hydrogen (secondary N) is 1. The van der Waals surface area contributed by atoms with Crippen molar-refractivity contribution in [2.24, 2.45) is 0 Å². The zero-order valence-corrected chi connectivity index (χ0v) is 9.24. The van der Waals surface area contributed by atoms with Gasteiger partial charge in [-0.15, -0.1) is 0 Å². The fourth-order valence-electron chi connectivity index (χ4n) is 0.992. The molecule has 0 bridgehead atoms. The van der Waals surface area contributed by atoms with Gasteiger partial charge in [-0.3, -0.25) is 9.59 Å². The topological polar surface area (TPSA) is 148 Å². The fourth-order valence-corrected chi connectivity index (χ4v) is 0.992. The Bertz CT molecular complexity index is 365. The zero-order chi connectivity index (χ0) is 14.2. The van der Waals surface area contributed by atoms with Gasteiger partial charge in [0, 0.05) is 12.4 Å². The Morgan fingerprint density at radius 1 is 0.944 bits per heavy atom. The first-order valence-corrected chi connectivity index (χ1v) is 4.75. The SMILES string of the molecule is O=C(O)CC(O)(CC(=O)O)C(=O)O.c1cc[nH]c1. The molecule has 0 spiro atoms. The predicted octanol–water partition coefficient (Wildman–Crippen LogP) is -0.234. The molecule has 1 rings (SSSR count). The summed E-state index contributed by atoms with van der Waals surface area (Å²) < 4.78 is 0. The molecule has 0 radical (unpaired) electrons. The van der Waals surface area contributed by atoms with E-state index in [0.717, 1.165) is 0 Å². The number of carboxylic acids is 3. The summed E-state index contributed by atoms with van der Waals surface area (Å²) in [6.45, 7) is 0. The molecule has 18 heavy (non-hydrogen) atoms. The second-order valence-corrected chi connectivity index (χ2v) is 3.36. The van der Waals surface area contributed by atoms with Crippen molar-refractivity contribution >= 4 is 17.9 Å². The lowest BCUT2D eigenvalue weighted by Crippen LogP contribution is -2.42. The Morgan fingerprint density at radius 3 is 1.50 bits per heavy atom. The molecule has 100 valence electrons. The summed E-state index contributed by atoms with van der Waals surface area (Å²) in [6, 6.07) is 3.89. The number of rotatable bonds is 5. The number of hydrogen-bond acceptors (Lipinski definition) is 4. The van der Waals surface area contributed by atoms with Crippen LogP contribution in [-0.2, 0) is 14.4 Å². The molecule has 8 nitrogen and oxygen atoms in total. The normalized spacial score (nSPS) is 10.1. The molecule has 0 aromatic carbocycles. The third kappa shape index (κ3) is 6.28. The van der Waals surface area contributed by atoms with Crippen LogP contribution in [-0.4, -0.2) is 48.9 Å². The van der Waals surface area contributed by atoms with Crippen molar-refractivity contribution in [3.05, 3.63) is 24.5 Å². The van der Waals surface area contributed by atoms with Crippen LogP contribution in [0.25, 0.3) is 0 Å². The number of aliphatic hydroxyl groups is 1. The van der Waals surface area contributed by atoms with E-state index in [1.165, 1.54) is 0 Å². The van der Waals surface area contributed by atoms with Crippen LogP contribution in [0.4, 0.5) is 0 Å². The minimum absolute atomic E-state index is 1.14. The van der Waals surface area contributed by atoms with Crippen LogP contribution in [0.5, 0.6) is 0 Å². The average molecular weight is 259 g/mol. The van der Waals surface area contributed by atoms with E-state index < -0.39 is 36.4 Å². The van der Waals surface area contributed by atoms with Crippen LogP contribution in [0.2, 0.25) is 0 Å². The number of carbonyl (C=O) groups is 3. The maximum absolute atomic E-state index is 10.3. The fraction of sp³-hybridized carbons (Fsp3) is 0.300. The summed E-state index contributed by atoms with van der Waals surface area (Å²) in [6.07, 6.45) is 1.46. The lowest BCUT2D eigenvalue weighted by molar-refractivity contribution is -0.170. The van der Waals surface area contributed by atoms with Crippen molar-refractivity contribution in [3.8, 4) is 0 Å². The van der Waals surface area contributed by atoms with E-state index in [-0.39, 0.29) is 0 Å². The molecule has 1 aromatic rings. The number of aliphatic carboxylic acids is 3. The van der Waals surface area contributed by atoms with Crippen LogP contribution in [0.1, 0.15) is 12.8 Å². The Morgan fingerprint density at radius 2 is 1.33 bits per heavy atom. The van der Waals surface area contributed by atoms with Crippen molar-refractivity contribution in [1.82, 2.24) is 4.98 Å². The van der Waals surface area contributed by atoms with Gasteiger partial charge in [-0.05, 0) is 12.1 Å². The van der Waals surface area contributed by atoms with Gasteiger partial charge in [0.25, 0.3) is 0 Å². The Hall–Kier alpha value is -2.35. The molecular weight excluding hydrogens is 246 g/mol. The third-order valence-corrected chi connectivity index (χ3v) is 1.78. The first-order valence-electron chi connectivity index (χ1n) is 4.75. The van der Waals surface area contributed by atoms with E-state index in [4.69, 9.17) is 20.4 Å². The molecule has 0 aliphatic carbocycles. The molecule has 0 atom stereocenters. The maximum Gasteiger partial charge on any atom is 0.336 e. The molecular formula is C10H13NO7. The van der Waals surface area contributed by atoms with Gasteiger partial charge in [-0.2, -0.15) is 0 Å². The molecule has 0 aliphatic rings. The van der Waals surface area contributed by atoms with Gasteiger partial charge in [0.15, 0.2) is 5.60 Å². The Balaban J connectivity index is 0.000000473. The number of hydrogen-bond donors (Lipinski definition) is 5. The largest absolute Gasteiger partial charge is 0.481 e. The highest BCUT2D eigenvalue weighted by Gasteiger charge is 2.40. The van der Waals surface area contributed by atoms with Gasteiger partial charge in [0.2, 0.25) is 0 Å². The van der Waals surface area contributed by atoms with E-state index in [2.05, 4.69) is 4.98 Å². The van der Waals surface area contributed by atoms with Gasteiger partial charge in [-0.1, -0.05) is 0 Å². The molecule has 1 heterocycles. The summed E-state index contributed by atoms with van der Waals surface area (Å²) in [5.74, 6) is -5.02. The van der Waals surface area contributed by atoms with Crippen LogP contribution < -0.4 is 0 Å². The van der Waals surface area contributed by atoms with Crippen molar-refractivity contribution in [3.63, 3.8) is 0 Å². The van der Waals surface area contributed by atoms with Crippen molar-refractivity contribution in [2.45, 2.75) is 18.4 Å². The van der Waals surface area contributed by atoms with Crippen molar-refractivity contribution in [2.75, 3.05) is 0 Å². The third-order valence-electron chi connectivity index (χ3n) is 1.78. The molecule has 8 heteroatoms. The van der Waals surface area contributed by atoms with E-state index in [1.54, 1.807) is 0 Å². The van der Waals surface area contributed by atoms with Crippen LogP contribution in [0.3, 0.4) is 0 Å². The second-order valence-electron chi connectivity index (χ2n) is 3.36. The molecule has 0 saturated carbocycles. The first kappa shape index (κ1) is 15.7. The second kappa shape index (κ2) is 7.07. The van der Waals surface area contributed by atoms with Crippen LogP contribution in [0.15, 0.2) is 24.5 Å². The smallest absolute Gasteiger partial charge is 0.336 e. The predicted molar refractivity (Wildman–Crippen MR) is 57.9 cm³/mol. The summed E-state index contributed by atoms with van der Waals surface area (Å²) in [4.78, 5) is 33.3. The van der Waals surface area contributed by atoms with Crippen molar-refractivity contribution < 1.29 is 34.8 Å². The highest BCUT2D eigenvalue weighted by Crippen LogP contribution is 2.15. The molecule has 5 N–H and O–H groups in total. The lowest BCUT2D eigenvalue weighted by atomic mass is 9.96. The summed E-state index contributed by atoms with van der Waals surface area (Å²) in [7, 11) is 0. The lowest BCUT2D eigenvalue weighted by Gasteiger charge is -2.18. The molecule has 0 amide bonds.